The Morgan fingerprint density at radius 3 is 2.70 bits per heavy atom. The van der Waals surface area contributed by atoms with Gasteiger partial charge < -0.3 is 19.6 Å². The Balaban J connectivity index is 1.30. The van der Waals surface area contributed by atoms with Crippen LogP contribution in [0.15, 0.2) is 34.9 Å². The molecule has 170 valence electrons. The second kappa shape index (κ2) is 8.57. The molecule has 1 fully saturated rings. The van der Waals surface area contributed by atoms with Crippen LogP contribution in [0.3, 0.4) is 0 Å². The van der Waals surface area contributed by atoms with Gasteiger partial charge in [0.1, 0.15) is 5.69 Å². The van der Waals surface area contributed by atoms with Crippen LogP contribution in [0, 0.1) is 13.8 Å². The molecule has 1 N–H and O–H groups in total. The maximum atomic E-state index is 12.9. The summed E-state index contributed by atoms with van der Waals surface area (Å²) in [5, 5.41) is 8.35. The van der Waals surface area contributed by atoms with Gasteiger partial charge in [0, 0.05) is 37.1 Å². The van der Waals surface area contributed by atoms with E-state index in [1.807, 2.05) is 36.9 Å². The molecule has 33 heavy (non-hydrogen) atoms. The molecule has 0 unspecified atom stereocenters. The third kappa shape index (κ3) is 4.34. The number of anilines is 1. The van der Waals surface area contributed by atoms with Gasteiger partial charge in [-0.15, -0.1) is 0 Å². The molecule has 1 saturated heterocycles. The minimum absolute atomic E-state index is 0.0347. The molecule has 3 heterocycles. The fourth-order valence-electron chi connectivity index (χ4n) is 4.26. The van der Waals surface area contributed by atoms with Crippen LogP contribution < -0.4 is 5.32 Å². The van der Waals surface area contributed by atoms with Crippen LogP contribution in [0.2, 0.25) is 0 Å². The molecule has 1 aliphatic rings. The van der Waals surface area contributed by atoms with Crippen molar-refractivity contribution in [2.24, 2.45) is 0 Å². The molecule has 1 aliphatic heterocycles. The number of thiazole rings is 1. The molecule has 2 aromatic heterocycles. The molecular formula is C24H25N5O3S. The summed E-state index contributed by atoms with van der Waals surface area (Å²) in [6.07, 6.45) is 0.0972. The molecule has 0 spiro atoms. The number of aromatic nitrogens is 2. The SMILES string of the molecule is Cc1cc(C)c2c(CC(=O)Nc3nc4ccc(C(=O)N5CCN(C)CC5)cc4s3)noc2c1. The van der Waals surface area contributed by atoms with E-state index in [2.05, 4.69) is 33.5 Å². The van der Waals surface area contributed by atoms with Crippen molar-refractivity contribution >= 4 is 49.5 Å². The Morgan fingerprint density at radius 2 is 1.91 bits per heavy atom. The number of fused-ring (bicyclic) bond motifs is 2. The summed E-state index contributed by atoms with van der Waals surface area (Å²) in [6, 6.07) is 9.48. The zero-order chi connectivity index (χ0) is 23.1. The third-order valence-corrected chi connectivity index (χ3v) is 6.92. The summed E-state index contributed by atoms with van der Waals surface area (Å²) in [5.41, 5.74) is 4.82. The molecule has 0 atom stereocenters. The smallest absolute Gasteiger partial charge is 0.253 e. The van der Waals surface area contributed by atoms with E-state index < -0.39 is 0 Å². The molecule has 0 aliphatic carbocycles. The number of nitrogens with one attached hydrogen (secondary N) is 1. The quantitative estimate of drug-likeness (QED) is 0.497. The lowest BCUT2D eigenvalue weighted by atomic mass is 10.0. The predicted molar refractivity (Wildman–Crippen MR) is 129 cm³/mol. The summed E-state index contributed by atoms with van der Waals surface area (Å²) >= 11 is 1.36. The minimum Gasteiger partial charge on any atom is -0.356 e. The molecule has 0 radical (unpaired) electrons. The van der Waals surface area contributed by atoms with Crippen molar-refractivity contribution in [1.29, 1.82) is 0 Å². The molecule has 9 heteroatoms. The van der Waals surface area contributed by atoms with Gasteiger partial charge in [0.2, 0.25) is 5.91 Å². The van der Waals surface area contributed by atoms with E-state index in [9.17, 15) is 9.59 Å². The lowest BCUT2D eigenvalue weighted by molar-refractivity contribution is -0.115. The van der Waals surface area contributed by atoms with Crippen LogP contribution in [0.4, 0.5) is 5.13 Å². The zero-order valence-corrected chi connectivity index (χ0v) is 19.7. The van der Waals surface area contributed by atoms with Gasteiger partial charge in [-0.3, -0.25) is 9.59 Å². The average Bonchev–Trinajstić information content (AvgIpc) is 3.36. The number of benzene rings is 2. The lowest BCUT2D eigenvalue weighted by Crippen LogP contribution is -2.47. The summed E-state index contributed by atoms with van der Waals surface area (Å²) in [6.45, 7) is 7.21. The minimum atomic E-state index is -0.210. The van der Waals surface area contributed by atoms with Crippen molar-refractivity contribution in [2.45, 2.75) is 20.3 Å². The Hall–Kier alpha value is -3.30. The van der Waals surface area contributed by atoms with Gasteiger partial charge in [-0.1, -0.05) is 22.6 Å². The highest BCUT2D eigenvalue weighted by atomic mass is 32.1. The third-order valence-electron chi connectivity index (χ3n) is 5.99. The van der Waals surface area contributed by atoms with Crippen molar-refractivity contribution in [2.75, 3.05) is 38.5 Å². The molecule has 0 bridgehead atoms. The van der Waals surface area contributed by atoms with Crippen LogP contribution in [0.25, 0.3) is 21.2 Å². The highest BCUT2D eigenvalue weighted by Crippen LogP contribution is 2.28. The van der Waals surface area contributed by atoms with E-state index in [4.69, 9.17) is 4.52 Å². The number of carbonyl (C=O) groups excluding carboxylic acids is 2. The van der Waals surface area contributed by atoms with Crippen LogP contribution in [-0.4, -0.2) is 65.0 Å². The molecule has 2 amide bonds. The summed E-state index contributed by atoms with van der Waals surface area (Å²) < 4.78 is 6.28. The first-order chi connectivity index (χ1) is 15.9. The fourth-order valence-corrected chi connectivity index (χ4v) is 5.18. The maximum absolute atomic E-state index is 12.9. The van der Waals surface area contributed by atoms with E-state index >= 15 is 0 Å². The van der Waals surface area contributed by atoms with E-state index in [0.29, 0.717) is 22.0 Å². The first kappa shape index (κ1) is 21.5. The number of likely N-dealkylation sites (N-methyl/N-ethyl adjacent to an activating group) is 1. The maximum Gasteiger partial charge on any atom is 0.253 e. The van der Waals surface area contributed by atoms with Crippen molar-refractivity contribution in [3.63, 3.8) is 0 Å². The monoisotopic (exact) mass is 463 g/mol. The summed E-state index contributed by atoms with van der Waals surface area (Å²) in [7, 11) is 2.06. The van der Waals surface area contributed by atoms with Crippen molar-refractivity contribution in [3.05, 3.63) is 52.7 Å². The average molecular weight is 464 g/mol. The number of aryl methyl sites for hydroxylation is 2. The van der Waals surface area contributed by atoms with Crippen molar-refractivity contribution in [3.8, 4) is 0 Å². The molecule has 2 aromatic carbocycles. The number of piperazine rings is 1. The van der Waals surface area contributed by atoms with Gasteiger partial charge in [-0.05, 0) is 56.3 Å². The number of rotatable bonds is 4. The van der Waals surface area contributed by atoms with Gasteiger partial charge in [0.15, 0.2) is 10.7 Å². The number of hydrogen-bond acceptors (Lipinski definition) is 7. The van der Waals surface area contributed by atoms with E-state index in [-0.39, 0.29) is 18.2 Å². The second-order valence-corrected chi connectivity index (χ2v) is 9.64. The topological polar surface area (TPSA) is 91.6 Å². The van der Waals surface area contributed by atoms with Gasteiger partial charge >= 0.3 is 0 Å². The number of hydrogen-bond donors (Lipinski definition) is 1. The summed E-state index contributed by atoms with van der Waals surface area (Å²) in [5.74, 6) is -0.175. The van der Waals surface area contributed by atoms with Gasteiger partial charge in [0.25, 0.3) is 5.91 Å². The fraction of sp³-hybridized carbons (Fsp3) is 0.333. The first-order valence-electron chi connectivity index (χ1n) is 10.9. The molecule has 4 aromatic rings. The number of nitrogens with zero attached hydrogens (tertiary/aromatic N) is 4. The molecular weight excluding hydrogens is 438 g/mol. The Bertz CT molecular complexity index is 1370. The molecule has 5 rings (SSSR count). The Morgan fingerprint density at radius 1 is 1.12 bits per heavy atom. The second-order valence-electron chi connectivity index (χ2n) is 8.61. The van der Waals surface area contributed by atoms with E-state index in [0.717, 1.165) is 52.9 Å². The van der Waals surface area contributed by atoms with Crippen molar-refractivity contribution < 1.29 is 14.1 Å². The van der Waals surface area contributed by atoms with Gasteiger partial charge in [-0.2, -0.15) is 0 Å². The lowest BCUT2D eigenvalue weighted by Gasteiger charge is -2.32. The highest BCUT2D eigenvalue weighted by Gasteiger charge is 2.21. The van der Waals surface area contributed by atoms with Gasteiger partial charge in [-0.25, -0.2) is 4.98 Å². The summed E-state index contributed by atoms with van der Waals surface area (Å²) in [4.78, 5) is 34.2. The number of amides is 2. The first-order valence-corrected chi connectivity index (χ1v) is 11.7. The predicted octanol–water partition coefficient (Wildman–Crippen LogP) is 3.62. The zero-order valence-electron chi connectivity index (χ0n) is 18.8. The molecule has 0 saturated carbocycles. The molecule has 8 nitrogen and oxygen atoms in total. The highest BCUT2D eigenvalue weighted by molar-refractivity contribution is 7.22. The largest absolute Gasteiger partial charge is 0.356 e. The normalized spacial score (nSPS) is 14.8. The Kier molecular flexibility index (Phi) is 5.59. The van der Waals surface area contributed by atoms with Crippen LogP contribution >= 0.6 is 11.3 Å². The van der Waals surface area contributed by atoms with Crippen molar-refractivity contribution in [1.82, 2.24) is 19.9 Å². The van der Waals surface area contributed by atoms with E-state index in [1.165, 1.54) is 11.3 Å². The van der Waals surface area contributed by atoms with Crippen LogP contribution in [0.5, 0.6) is 0 Å². The Labute approximate surface area is 195 Å². The van der Waals surface area contributed by atoms with Crippen LogP contribution in [0.1, 0.15) is 27.2 Å². The van der Waals surface area contributed by atoms with Gasteiger partial charge in [0.05, 0.1) is 16.6 Å². The number of carbonyl (C=O) groups is 2. The van der Waals surface area contributed by atoms with E-state index in [1.54, 1.807) is 6.07 Å². The van der Waals surface area contributed by atoms with Crippen LogP contribution in [-0.2, 0) is 11.2 Å². The standard InChI is InChI=1S/C24H25N5O3S/c1-14-10-15(2)22-18(27-32-19(22)11-14)13-21(30)26-24-25-17-5-4-16(12-20(17)33-24)23(31)29-8-6-28(3)7-9-29/h4-5,10-12H,6-9,13H2,1-3H3,(H,25,26,30).